The van der Waals surface area contributed by atoms with Crippen molar-refractivity contribution in [1.29, 1.82) is 0 Å². The number of aliphatic hydroxyl groups excluding tert-OH is 1. The summed E-state index contributed by atoms with van der Waals surface area (Å²) in [6, 6.07) is 7.11. The summed E-state index contributed by atoms with van der Waals surface area (Å²) >= 11 is 0. The van der Waals surface area contributed by atoms with E-state index in [1.165, 1.54) is 0 Å². The number of aliphatic hydroxyl groups is 1. The largest absolute Gasteiger partial charge is 0.392 e. The van der Waals surface area contributed by atoms with Crippen LogP contribution >= 0.6 is 0 Å². The van der Waals surface area contributed by atoms with Crippen LogP contribution in [0.3, 0.4) is 0 Å². The number of halogens is 2. The quantitative estimate of drug-likeness (QED) is 0.896. The highest BCUT2D eigenvalue weighted by Crippen LogP contribution is 2.36. The lowest BCUT2D eigenvalue weighted by molar-refractivity contribution is 0.00959. The summed E-state index contributed by atoms with van der Waals surface area (Å²) in [5, 5.41) is 14.2. The molecule has 2 atom stereocenters. The van der Waals surface area contributed by atoms with Crippen molar-refractivity contribution < 1.29 is 13.9 Å². The number of nitrogens with zero attached hydrogens (tertiary/aromatic N) is 2. The Morgan fingerprint density at radius 3 is 2.83 bits per heavy atom. The van der Waals surface area contributed by atoms with Crippen molar-refractivity contribution >= 4 is 16.7 Å². The van der Waals surface area contributed by atoms with Gasteiger partial charge in [-0.25, -0.2) is 18.7 Å². The second-order valence-corrected chi connectivity index (χ2v) is 6.52. The summed E-state index contributed by atoms with van der Waals surface area (Å²) in [6.45, 7) is 2.53. The van der Waals surface area contributed by atoms with E-state index in [-0.39, 0.29) is 11.5 Å². The van der Waals surface area contributed by atoms with Gasteiger partial charge in [0.15, 0.2) is 5.82 Å². The smallest absolute Gasteiger partial charge is 0.297 e. The Hall–Kier alpha value is -1.82. The molecule has 0 radical (unpaired) electrons. The fourth-order valence-electron chi connectivity index (χ4n) is 3.20. The van der Waals surface area contributed by atoms with Gasteiger partial charge < -0.3 is 10.4 Å². The summed E-state index contributed by atoms with van der Waals surface area (Å²) in [6.07, 6.45) is 0.698. The second kappa shape index (κ2) is 6.35. The highest BCUT2D eigenvalue weighted by Gasteiger charge is 2.35. The van der Waals surface area contributed by atoms with Gasteiger partial charge in [-0.3, -0.25) is 0 Å². The Morgan fingerprint density at radius 2 is 2.09 bits per heavy atom. The van der Waals surface area contributed by atoms with Crippen LogP contribution in [0, 0.1) is 5.41 Å². The zero-order chi connectivity index (χ0) is 16.4. The molecule has 4 nitrogen and oxygen atoms in total. The van der Waals surface area contributed by atoms with E-state index in [1.54, 1.807) is 12.1 Å². The molecule has 6 heteroatoms. The van der Waals surface area contributed by atoms with Crippen LogP contribution in [-0.4, -0.2) is 27.7 Å². The van der Waals surface area contributed by atoms with Gasteiger partial charge in [-0.2, -0.15) is 0 Å². The predicted molar refractivity (Wildman–Crippen MR) is 85.6 cm³/mol. The lowest BCUT2D eigenvalue weighted by atomic mass is 9.73. The molecular formula is C17H21F2N3O. The maximum absolute atomic E-state index is 13.0. The van der Waals surface area contributed by atoms with Crippen LogP contribution in [0.4, 0.5) is 14.6 Å². The molecule has 124 valence electrons. The van der Waals surface area contributed by atoms with Gasteiger partial charge in [-0.05, 0) is 25.0 Å². The third kappa shape index (κ3) is 3.27. The summed E-state index contributed by atoms with van der Waals surface area (Å²) in [4.78, 5) is 7.90. The first-order valence-electron chi connectivity index (χ1n) is 7.96. The Kier molecular flexibility index (Phi) is 4.43. The van der Waals surface area contributed by atoms with Gasteiger partial charge in [0.2, 0.25) is 0 Å². The monoisotopic (exact) mass is 321 g/mol. The average molecular weight is 321 g/mol. The molecule has 2 N–H and O–H groups in total. The molecule has 3 rings (SSSR count). The van der Waals surface area contributed by atoms with E-state index in [1.807, 2.05) is 19.1 Å². The van der Waals surface area contributed by atoms with E-state index in [4.69, 9.17) is 0 Å². The third-order valence-corrected chi connectivity index (χ3v) is 4.76. The van der Waals surface area contributed by atoms with Gasteiger partial charge in [-0.1, -0.05) is 31.9 Å². The van der Waals surface area contributed by atoms with Crippen molar-refractivity contribution in [1.82, 2.24) is 9.97 Å². The first-order valence-corrected chi connectivity index (χ1v) is 7.96. The Morgan fingerprint density at radius 1 is 1.30 bits per heavy atom. The Balaban J connectivity index is 1.89. The molecule has 0 saturated heterocycles. The molecule has 1 aliphatic carbocycles. The van der Waals surface area contributed by atoms with Crippen molar-refractivity contribution in [2.45, 2.75) is 45.1 Å². The number of rotatable bonds is 4. The van der Waals surface area contributed by atoms with Crippen LogP contribution in [0.25, 0.3) is 10.9 Å². The normalized spacial score (nSPS) is 25.0. The van der Waals surface area contributed by atoms with E-state index in [0.29, 0.717) is 23.3 Å². The molecule has 2 unspecified atom stereocenters. The number of benzene rings is 1. The SMILES string of the molecule is CC1(CNc2nc(C(F)F)nc3ccccc23)CCCCC1O. The lowest BCUT2D eigenvalue weighted by Crippen LogP contribution is -2.41. The number of anilines is 1. The van der Waals surface area contributed by atoms with Crippen molar-refractivity contribution in [2.24, 2.45) is 5.41 Å². The molecule has 1 aromatic heterocycles. The number of fused-ring (bicyclic) bond motifs is 1. The van der Waals surface area contributed by atoms with Gasteiger partial charge in [0.1, 0.15) is 5.82 Å². The van der Waals surface area contributed by atoms with Crippen molar-refractivity contribution in [3.63, 3.8) is 0 Å². The van der Waals surface area contributed by atoms with Crippen molar-refractivity contribution in [2.75, 3.05) is 11.9 Å². The zero-order valence-corrected chi connectivity index (χ0v) is 13.1. The maximum atomic E-state index is 13.0. The standard InChI is InChI=1S/C17H21F2N3O/c1-17(9-5-4-8-13(17)23)10-20-15-11-6-2-3-7-12(11)21-16(22-15)14(18)19/h2-3,6-7,13-14,23H,4-5,8-10H2,1H3,(H,20,21,22). The van der Waals surface area contributed by atoms with Gasteiger partial charge in [0, 0.05) is 17.3 Å². The summed E-state index contributed by atoms with van der Waals surface area (Å²) in [5.74, 6) is -0.0644. The zero-order valence-electron chi connectivity index (χ0n) is 13.1. The highest BCUT2D eigenvalue weighted by molar-refractivity contribution is 5.89. The van der Waals surface area contributed by atoms with Crippen LogP contribution in [0.15, 0.2) is 24.3 Å². The topological polar surface area (TPSA) is 58.0 Å². The van der Waals surface area contributed by atoms with Crippen LogP contribution in [-0.2, 0) is 0 Å². The van der Waals surface area contributed by atoms with Crippen LogP contribution in [0.1, 0.15) is 44.9 Å². The Labute approximate surface area is 134 Å². The number of para-hydroxylation sites is 1. The van der Waals surface area contributed by atoms with Crippen LogP contribution in [0.5, 0.6) is 0 Å². The number of hydrogen-bond donors (Lipinski definition) is 2. The highest BCUT2D eigenvalue weighted by atomic mass is 19.3. The van der Waals surface area contributed by atoms with E-state index in [0.717, 1.165) is 25.7 Å². The molecule has 1 fully saturated rings. The maximum Gasteiger partial charge on any atom is 0.297 e. The van der Waals surface area contributed by atoms with Crippen LogP contribution in [0.2, 0.25) is 0 Å². The fourth-order valence-corrected chi connectivity index (χ4v) is 3.20. The molecule has 0 aliphatic heterocycles. The number of hydrogen-bond acceptors (Lipinski definition) is 4. The van der Waals surface area contributed by atoms with Gasteiger partial charge in [0.25, 0.3) is 6.43 Å². The lowest BCUT2D eigenvalue weighted by Gasteiger charge is -2.38. The average Bonchev–Trinajstić information content (AvgIpc) is 2.55. The van der Waals surface area contributed by atoms with E-state index < -0.39 is 12.2 Å². The summed E-state index contributed by atoms with van der Waals surface area (Å²) in [5.41, 5.74) is 0.226. The molecule has 1 aliphatic rings. The number of alkyl halides is 2. The molecule has 0 bridgehead atoms. The first kappa shape index (κ1) is 16.1. The van der Waals surface area contributed by atoms with E-state index >= 15 is 0 Å². The Bertz CT molecular complexity index is 695. The number of nitrogens with one attached hydrogen (secondary N) is 1. The predicted octanol–water partition coefficient (Wildman–Crippen LogP) is 3.92. The van der Waals surface area contributed by atoms with E-state index in [2.05, 4.69) is 15.3 Å². The summed E-state index contributed by atoms with van der Waals surface area (Å²) in [7, 11) is 0. The molecule has 2 aromatic rings. The third-order valence-electron chi connectivity index (χ3n) is 4.76. The first-order chi connectivity index (χ1) is 11.0. The molecule has 1 saturated carbocycles. The molecule has 1 heterocycles. The molecular weight excluding hydrogens is 300 g/mol. The second-order valence-electron chi connectivity index (χ2n) is 6.52. The minimum Gasteiger partial charge on any atom is -0.392 e. The minimum absolute atomic E-state index is 0.269. The van der Waals surface area contributed by atoms with Crippen molar-refractivity contribution in [3.05, 3.63) is 30.1 Å². The number of aromatic nitrogens is 2. The minimum atomic E-state index is -2.71. The fraction of sp³-hybridized carbons (Fsp3) is 0.529. The van der Waals surface area contributed by atoms with Gasteiger partial charge in [-0.15, -0.1) is 0 Å². The van der Waals surface area contributed by atoms with Crippen LogP contribution < -0.4 is 5.32 Å². The summed E-state index contributed by atoms with van der Waals surface area (Å²) < 4.78 is 26.0. The molecule has 0 spiro atoms. The van der Waals surface area contributed by atoms with Gasteiger partial charge in [0.05, 0.1) is 11.6 Å². The van der Waals surface area contributed by atoms with E-state index in [9.17, 15) is 13.9 Å². The van der Waals surface area contributed by atoms with Gasteiger partial charge >= 0.3 is 0 Å². The molecule has 1 aromatic carbocycles. The van der Waals surface area contributed by atoms with Crippen molar-refractivity contribution in [3.8, 4) is 0 Å². The molecule has 23 heavy (non-hydrogen) atoms. The molecule has 0 amide bonds.